The van der Waals surface area contributed by atoms with Crippen molar-refractivity contribution in [2.75, 3.05) is 24.4 Å². The van der Waals surface area contributed by atoms with Crippen molar-refractivity contribution < 1.29 is 19.1 Å². The second-order valence-corrected chi connectivity index (χ2v) is 9.80. The van der Waals surface area contributed by atoms with Gasteiger partial charge in [0.05, 0.1) is 22.7 Å². The SMILES string of the molecule is COc1cc(/C=C2\SC(Nc3cc(Cl)ccc3C)NC2=O)ccc1OCC(=O)Nc1ccccc1Cl. The maximum absolute atomic E-state index is 12.5. The van der Waals surface area contributed by atoms with Crippen LogP contribution >= 0.6 is 35.0 Å². The summed E-state index contributed by atoms with van der Waals surface area (Å²) >= 11 is 13.5. The van der Waals surface area contributed by atoms with Gasteiger partial charge in [0.15, 0.2) is 23.6 Å². The second-order valence-electron chi connectivity index (χ2n) is 7.81. The molecule has 7 nitrogen and oxygen atoms in total. The van der Waals surface area contributed by atoms with Gasteiger partial charge in [-0.2, -0.15) is 0 Å². The van der Waals surface area contributed by atoms with Crippen molar-refractivity contribution >= 4 is 64.2 Å². The first-order valence-electron chi connectivity index (χ1n) is 10.9. The fourth-order valence-corrected chi connectivity index (χ4v) is 4.72. The van der Waals surface area contributed by atoms with Crippen molar-refractivity contribution in [3.05, 3.63) is 86.7 Å². The summed E-state index contributed by atoms with van der Waals surface area (Å²) in [6.07, 6.45) is 1.77. The summed E-state index contributed by atoms with van der Waals surface area (Å²) in [4.78, 5) is 25.3. The molecule has 1 unspecified atom stereocenters. The van der Waals surface area contributed by atoms with Gasteiger partial charge in [-0.3, -0.25) is 9.59 Å². The number of carbonyl (C=O) groups excluding carboxylic acids is 2. The third-order valence-electron chi connectivity index (χ3n) is 5.21. The molecule has 1 aliphatic rings. The summed E-state index contributed by atoms with van der Waals surface area (Å²) in [6, 6.07) is 17.7. The number of thioether (sulfide) groups is 1. The molecule has 0 aliphatic carbocycles. The number of amides is 2. The highest BCUT2D eigenvalue weighted by molar-refractivity contribution is 8.05. The van der Waals surface area contributed by atoms with Gasteiger partial charge in [-0.05, 0) is 60.5 Å². The standard InChI is InChI=1S/C26H23Cl2N3O4S/c1-15-7-9-17(27)13-20(15)30-26-31-25(33)23(36-26)12-16-8-10-21(22(11-16)34-2)35-14-24(32)29-19-6-4-3-5-18(19)28/h3-13,26,30H,14H2,1-2H3,(H,29,32)(H,31,33)/b23-12-. The lowest BCUT2D eigenvalue weighted by Gasteiger charge is -2.15. The first-order valence-corrected chi connectivity index (χ1v) is 12.5. The first kappa shape index (κ1) is 25.8. The minimum absolute atomic E-state index is 0.187. The number of nitrogens with one attached hydrogen (secondary N) is 3. The van der Waals surface area contributed by atoms with Crippen molar-refractivity contribution in [2.24, 2.45) is 0 Å². The topological polar surface area (TPSA) is 88.7 Å². The van der Waals surface area contributed by atoms with Crippen LogP contribution < -0.4 is 25.4 Å². The van der Waals surface area contributed by atoms with E-state index in [1.165, 1.54) is 18.9 Å². The Balaban J connectivity index is 1.40. The third-order valence-corrected chi connectivity index (χ3v) is 6.80. The van der Waals surface area contributed by atoms with Crippen molar-refractivity contribution in [3.8, 4) is 11.5 Å². The molecule has 4 rings (SSSR count). The molecule has 10 heteroatoms. The molecular weight excluding hydrogens is 521 g/mol. The van der Waals surface area contributed by atoms with E-state index >= 15 is 0 Å². The normalized spacial score (nSPS) is 15.9. The van der Waals surface area contributed by atoms with Crippen LogP contribution in [0.3, 0.4) is 0 Å². The first-order chi connectivity index (χ1) is 17.3. The van der Waals surface area contributed by atoms with E-state index in [0.717, 1.165) is 16.8 Å². The van der Waals surface area contributed by atoms with Gasteiger partial charge in [0.1, 0.15) is 0 Å². The van der Waals surface area contributed by atoms with E-state index < -0.39 is 0 Å². The molecule has 1 aliphatic heterocycles. The van der Waals surface area contributed by atoms with Crippen LogP contribution in [0, 0.1) is 6.92 Å². The molecule has 1 saturated heterocycles. The van der Waals surface area contributed by atoms with Crippen molar-refractivity contribution in [1.29, 1.82) is 0 Å². The predicted octanol–water partition coefficient (Wildman–Crippen LogP) is 5.93. The summed E-state index contributed by atoms with van der Waals surface area (Å²) in [7, 11) is 1.51. The van der Waals surface area contributed by atoms with Gasteiger partial charge in [0.2, 0.25) is 0 Å². The van der Waals surface area contributed by atoms with E-state index in [2.05, 4.69) is 16.0 Å². The van der Waals surface area contributed by atoms with Gasteiger partial charge in [0, 0.05) is 10.7 Å². The average Bonchev–Trinajstić information content (AvgIpc) is 3.20. The molecule has 0 radical (unpaired) electrons. The lowest BCUT2D eigenvalue weighted by atomic mass is 10.2. The molecule has 0 bridgehead atoms. The van der Waals surface area contributed by atoms with Crippen LogP contribution in [0.4, 0.5) is 11.4 Å². The zero-order chi connectivity index (χ0) is 25.7. The summed E-state index contributed by atoms with van der Waals surface area (Å²) in [6.45, 7) is 1.74. The van der Waals surface area contributed by atoms with Gasteiger partial charge in [0.25, 0.3) is 11.8 Å². The van der Waals surface area contributed by atoms with E-state index in [0.29, 0.717) is 32.1 Å². The average molecular weight is 544 g/mol. The third kappa shape index (κ3) is 6.46. The Bertz CT molecular complexity index is 1330. The van der Waals surface area contributed by atoms with Crippen LogP contribution in [0.1, 0.15) is 11.1 Å². The molecule has 1 heterocycles. The Morgan fingerprint density at radius 3 is 2.67 bits per heavy atom. The Morgan fingerprint density at radius 2 is 1.89 bits per heavy atom. The maximum Gasteiger partial charge on any atom is 0.262 e. The van der Waals surface area contributed by atoms with E-state index in [1.54, 1.807) is 48.5 Å². The number of anilines is 2. The Kier molecular flexibility index (Phi) is 8.30. The molecule has 36 heavy (non-hydrogen) atoms. The lowest BCUT2D eigenvalue weighted by Crippen LogP contribution is -2.31. The molecule has 3 N–H and O–H groups in total. The van der Waals surface area contributed by atoms with Crippen LogP contribution in [0.15, 0.2) is 65.6 Å². The number of hydrogen-bond donors (Lipinski definition) is 3. The van der Waals surface area contributed by atoms with E-state index in [-0.39, 0.29) is 23.9 Å². The summed E-state index contributed by atoms with van der Waals surface area (Å²) in [5.41, 5.74) is 2.79. The fraction of sp³-hybridized carbons (Fsp3) is 0.154. The lowest BCUT2D eigenvalue weighted by molar-refractivity contribution is -0.118. The van der Waals surface area contributed by atoms with Crippen LogP contribution in [0.2, 0.25) is 10.0 Å². The number of halogens is 2. The molecule has 1 atom stereocenters. The molecule has 0 saturated carbocycles. The molecule has 3 aromatic rings. The monoisotopic (exact) mass is 543 g/mol. The highest BCUT2D eigenvalue weighted by Crippen LogP contribution is 2.34. The van der Waals surface area contributed by atoms with Crippen molar-refractivity contribution in [1.82, 2.24) is 5.32 Å². The Hall–Kier alpha value is -3.33. The van der Waals surface area contributed by atoms with Gasteiger partial charge in [-0.25, -0.2) is 0 Å². The van der Waals surface area contributed by atoms with E-state index in [9.17, 15) is 9.59 Å². The number of aryl methyl sites for hydroxylation is 1. The van der Waals surface area contributed by atoms with Gasteiger partial charge < -0.3 is 25.4 Å². The molecule has 186 valence electrons. The summed E-state index contributed by atoms with van der Waals surface area (Å²) in [5, 5.41) is 9.96. The number of methoxy groups -OCH3 is 1. The number of carbonyl (C=O) groups is 2. The van der Waals surface area contributed by atoms with Gasteiger partial charge in [-0.1, -0.05) is 59.2 Å². The Morgan fingerprint density at radius 1 is 1.08 bits per heavy atom. The quantitative estimate of drug-likeness (QED) is 0.305. The summed E-state index contributed by atoms with van der Waals surface area (Å²) < 4.78 is 11.1. The highest BCUT2D eigenvalue weighted by Gasteiger charge is 2.27. The molecule has 1 fully saturated rings. The van der Waals surface area contributed by atoms with Crippen molar-refractivity contribution in [2.45, 2.75) is 12.4 Å². The minimum Gasteiger partial charge on any atom is -0.493 e. The largest absolute Gasteiger partial charge is 0.493 e. The zero-order valence-electron chi connectivity index (χ0n) is 19.4. The molecule has 3 aromatic carbocycles. The number of para-hydroxylation sites is 1. The maximum atomic E-state index is 12.5. The molecule has 2 amide bonds. The Labute approximate surface area is 223 Å². The van der Waals surface area contributed by atoms with Gasteiger partial charge in [-0.15, -0.1) is 0 Å². The number of rotatable bonds is 8. The minimum atomic E-state index is -0.358. The molecule has 0 aromatic heterocycles. The molecular formula is C26H23Cl2N3O4S. The number of ether oxygens (including phenoxy) is 2. The van der Waals surface area contributed by atoms with Gasteiger partial charge >= 0.3 is 0 Å². The van der Waals surface area contributed by atoms with Crippen molar-refractivity contribution in [3.63, 3.8) is 0 Å². The smallest absolute Gasteiger partial charge is 0.262 e. The molecule has 0 spiro atoms. The summed E-state index contributed by atoms with van der Waals surface area (Å²) in [5.74, 6) is 0.285. The predicted molar refractivity (Wildman–Crippen MR) is 146 cm³/mol. The van der Waals surface area contributed by atoms with Crippen LogP contribution in [-0.2, 0) is 9.59 Å². The van der Waals surface area contributed by atoms with Crippen LogP contribution in [0.5, 0.6) is 11.5 Å². The zero-order valence-corrected chi connectivity index (χ0v) is 21.8. The van der Waals surface area contributed by atoms with E-state index in [1.807, 2.05) is 25.1 Å². The van der Waals surface area contributed by atoms with Crippen LogP contribution in [-0.4, -0.2) is 31.0 Å². The van der Waals surface area contributed by atoms with E-state index in [4.69, 9.17) is 32.7 Å². The number of hydrogen-bond acceptors (Lipinski definition) is 6. The second kappa shape index (κ2) is 11.6. The fourth-order valence-electron chi connectivity index (χ4n) is 3.39. The van der Waals surface area contributed by atoms with Crippen LogP contribution in [0.25, 0.3) is 6.08 Å². The number of benzene rings is 3. The highest BCUT2D eigenvalue weighted by atomic mass is 35.5.